The van der Waals surface area contributed by atoms with Gasteiger partial charge in [-0.3, -0.25) is 14.5 Å². The molecule has 3 aromatic rings. The van der Waals surface area contributed by atoms with E-state index in [0.29, 0.717) is 17.6 Å². The highest BCUT2D eigenvalue weighted by Gasteiger charge is 2.19. The van der Waals surface area contributed by atoms with Gasteiger partial charge in [-0.05, 0) is 45.3 Å². The average Bonchev–Trinajstić information content (AvgIpc) is 3.08. The number of fused-ring (bicyclic) bond motifs is 1. The number of furan rings is 1. The van der Waals surface area contributed by atoms with E-state index < -0.39 is 0 Å². The summed E-state index contributed by atoms with van der Waals surface area (Å²) < 4.78 is 5.45. The molecule has 0 saturated heterocycles. The quantitative estimate of drug-likeness (QED) is 0.748. The van der Waals surface area contributed by atoms with Crippen molar-refractivity contribution in [3.05, 3.63) is 69.9 Å². The van der Waals surface area contributed by atoms with Crippen molar-refractivity contribution < 1.29 is 9.21 Å². The lowest BCUT2D eigenvalue weighted by Crippen LogP contribution is -2.34. The summed E-state index contributed by atoms with van der Waals surface area (Å²) in [5, 5.41) is 3.65. The molecule has 1 amide bonds. The first-order valence-corrected chi connectivity index (χ1v) is 8.07. The highest BCUT2D eigenvalue weighted by atomic mass is 16.3. The minimum Gasteiger partial charge on any atom is -0.468 e. The van der Waals surface area contributed by atoms with Crippen molar-refractivity contribution in [1.29, 1.82) is 0 Å². The Kier molecular flexibility index (Phi) is 4.72. The van der Waals surface area contributed by atoms with E-state index in [4.69, 9.17) is 4.42 Å². The molecule has 2 N–H and O–H groups in total. The van der Waals surface area contributed by atoms with Crippen LogP contribution in [0.2, 0.25) is 0 Å². The number of hydrogen-bond donors (Lipinski definition) is 2. The van der Waals surface area contributed by atoms with Crippen LogP contribution in [0.5, 0.6) is 0 Å². The largest absolute Gasteiger partial charge is 0.468 e. The van der Waals surface area contributed by atoms with E-state index in [0.717, 1.165) is 16.7 Å². The Morgan fingerprint density at radius 2 is 2.08 bits per heavy atom. The van der Waals surface area contributed by atoms with Crippen molar-refractivity contribution in [3.8, 4) is 0 Å². The van der Waals surface area contributed by atoms with Crippen LogP contribution in [0.3, 0.4) is 0 Å². The zero-order chi connectivity index (χ0) is 18.0. The molecule has 0 aliphatic rings. The third kappa shape index (κ3) is 3.64. The number of nitrogens with zero attached hydrogens (tertiary/aromatic N) is 1. The number of nitrogens with one attached hydrogen (secondary N) is 2. The van der Waals surface area contributed by atoms with Crippen molar-refractivity contribution in [2.45, 2.75) is 13.0 Å². The Hall–Kier alpha value is -2.86. The molecule has 0 unspecified atom stereocenters. The van der Waals surface area contributed by atoms with Crippen LogP contribution in [0.25, 0.3) is 10.9 Å². The van der Waals surface area contributed by atoms with Gasteiger partial charge in [-0.25, -0.2) is 0 Å². The van der Waals surface area contributed by atoms with Crippen molar-refractivity contribution in [2.24, 2.45) is 0 Å². The molecule has 0 saturated carbocycles. The summed E-state index contributed by atoms with van der Waals surface area (Å²) in [6, 6.07) is 10.6. The number of hydrogen-bond acceptors (Lipinski definition) is 4. The van der Waals surface area contributed by atoms with Gasteiger partial charge in [0.05, 0.1) is 17.9 Å². The number of carbonyl (C=O) groups excluding carboxylic acids is 1. The van der Waals surface area contributed by atoms with E-state index in [1.165, 1.54) is 6.07 Å². The summed E-state index contributed by atoms with van der Waals surface area (Å²) in [5.41, 5.74) is 1.75. The maximum absolute atomic E-state index is 12.7. The van der Waals surface area contributed by atoms with Crippen molar-refractivity contribution in [3.63, 3.8) is 0 Å². The predicted molar refractivity (Wildman–Crippen MR) is 96.8 cm³/mol. The van der Waals surface area contributed by atoms with E-state index in [1.807, 2.05) is 56.3 Å². The van der Waals surface area contributed by atoms with Crippen LogP contribution in [0.4, 0.5) is 0 Å². The second kappa shape index (κ2) is 6.94. The number of H-pyrrole nitrogens is 1. The Morgan fingerprint density at radius 3 is 2.76 bits per heavy atom. The van der Waals surface area contributed by atoms with Crippen LogP contribution >= 0.6 is 0 Å². The first-order chi connectivity index (χ1) is 12.0. The number of aromatic amines is 1. The van der Waals surface area contributed by atoms with Gasteiger partial charge in [-0.1, -0.05) is 11.6 Å². The molecule has 2 heterocycles. The monoisotopic (exact) mass is 339 g/mol. The second-order valence-electron chi connectivity index (χ2n) is 6.30. The van der Waals surface area contributed by atoms with Crippen LogP contribution in [0, 0.1) is 6.92 Å². The molecule has 0 radical (unpaired) electrons. The standard InChI is InChI=1S/C19H21N3O3/c1-12-6-7-15-13(9-12)14(10-18(23)21-15)19(24)20-11-16(22(2)3)17-5-4-8-25-17/h4-10,16H,11H2,1-3H3,(H,20,24)(H,21,23)/t16-/m0/s1. The molecule has 6 heteroatoms. The van der Waals surface area contributed by atoms with Gasteiger partial charge in [0, 0.05) is 23.5 Å². The Morgan fingerprint density at radius 1 is 1.28 bits per heavy atom. The molecule has 130 valence electrons. The van der Waals surface area contributed by atoms with E-state index >= 15 is 0 Å². The molecule has 1 aromatic carbocycles. The molecule has 3 rings (SSSR count). The molecule has 0 bridgehead atoms. The molecule has 1 atom stereocenters. The first-order valence-electron chi connectivity index (χ1n) is 8.07. The van der Waals surface area contributed by atoms with Crippen LogP contribution in [-0.2, 0) is 0 Å². The number of pyridine rings is 1. The van der Waals surface area contributed by atoms with Gasteiger partial charge in [-0.15, -0.1) is 0 Å². The fourth-order valence-corrected chi connectivity index (χ4v) is 2.86. The maximum Gasteiger partial charge on any atom is 0.252 e. The smallest absolute Gasteiger partial charge is 0.252 e. The van der Waals surface area contributed by atoms with E-state index in [9.17, 15) is 9.59 Å². The van der Waals surface area contributed by atoms with Crippen molar-refractivity contribution in [1.82, 2.24) is 15.2 Å². The molecule has 0 aliphatic carbocycles. The Balaban J connectivity index is 1.87. The number of carbonyl (C=O) groups is 1. The van der Waals surface area contributed by atoms with Gasteiger partial charge in [0.1, 0.15) is 5.76 Å². The minimum atomic E-state index is -0.295. The van der Waals surface area contributed by atoms with Crippen molar-refractivity contribution in [2.75, 3.05) is 20.6 Å². The molecule has 25 heavy (non-hydrogen) atoms. The zero-order valence-corrected chi connectivity index (χ0v) is 14.5. The highest BCUT2D eigenvalue weighted by Crippen LogP contribution is 2.19. The number of benzene rings is 1. The average molecular weight is 339 g/mol. The molecule has 0 fully saturated rings. The summed E-state index contributed by atoms with van der Waals surface area (Å²) in [4.78, 5) is 29.3. The topological polar surface area (TPSA) is 78.3 Å². The van der Waals surface area contributed by atoms with Gasteiger partial charge < -0.3 is 14.7 Å². The lowest BCUT2D eigenvalue weighted by molar-refractivity contribution is 0.0940. The summed E-state index contributed by atoms with van der Waals surface area (Å²) >= 11 is 0. The fraction of sp³-hybridized carbons (Fsp3) is 0.263. The van der Waals surface area contributed by atoms with Gasteiger partial charge in [0.2, 0.25) is 5.56 Å². The third-order valence-electron chi connectivity index (χ3n) is 4.19. The SMILES string of the molecule is Cc1ccc2[nH]c(=O)cc(C(=O)NC[C@@H](c3ccco3)N(C)C)c2c1. The first kappa shape index (κ1) is 17.0. The normalized spacial score (nSPS) is 12.5. The number of aryl methyl sites for hydroxylation is 1. The lowest BCUT2D eigenvalue weighted by atomic mass is 10.1. The summed E-state index contributed by atoms with van der Waals surface area (Å²) in [5.74, 6) is 0.497. The van der Waals surface area contributed by atoms with Gasteiger partial charge in [-0.2, -0.15) is 0 Å². The molecular formula is C19H21N3O3. The highest BCUT2D eigenvalue weighted by molar-refractivity contribution is 6.06. The minimum absolute atomic E-state index is 0.0889. The summed E-state index contributed by atoms with van der Waals surface area (Å²) in [6.45, 7) is 2.32. The number of rotatable bonds is 5. The molecule has 0 spiro atoms. The van der Waals surface area contributed by atoms with Gasteiger partial charge >= 0.3 is 0 Å². The van der Waals surface area contributed by atoms with Crippen molar-refractivity contribution >= 4 is 16.8 Å². The summed E-state index contributed by atoms with van der Waals surface area (Å²) in [7, 11) is 3.84. The number of amides is 1. The van der Waals surface area contributed by atoms with E-state index in [-0.39, 0.29) is 17.5 Å². The molecule has 2 aromatic heterocycles. The van der Waals surface area contributed by atoms with Gasteiger partial charge in [0.15, 0.2) is 0 Å². The van der Waals surface area contributed by atoms with Crippen LogP contribution in [0.15, 0.2) is 51.9 Å². The third-order valence-corrected chi connectivity index (χ3v) is 4.19. The van der Waals surface area contributed by atoms with E-state index in [2.05, 4.69) is 10.3 Å². The van der Waals surface area contributed by atoms with Crippen LogP contribution in [0.1, 0.15) is 27.7 Å². The number of likely N-dealkylation sites (N-methyl/N-ethyl adjacent to an activating group) is 1. The van der Waals surface area contributed by atoms with Gasteiger partial charge in [0.25, 0.3) is 5.91 Å². The maximum atomic E-state index is 12.7. The molecular weight excluding hydrogens is 318 g/mol. The Bertz CT molecular complexity index is 942. The lowest BCUT2D eigenvalue weighted by Gasteiger charge is -2.22. The summed E-state index contributed by atoms with van der Waals surface area (Å²) in [6.07, 6.45) is 1.61. The zero-order valence-electron chi connectivity index (χ0n) is 14.5. The molecule has 0 aliphatic heterocycles. The molecule has 6 nitrogen and oxygen atoms in total. The predicted octanol–water partition coefficient (Wildman–Crippen LogP) is 2.46. The fourth-order valence-electron chi connectivity index (χ4n) is 2.86. The Labute approximate surface area is 145 Å². The second-order valence-corrected chi connectivity index (χ2v) is 6.30. The number of aromatic nitrogens is 1. The van der Waals surface area contributed by atoms with Crippen LogP contribution in [-0.4, -0.2) is 36.4 Å². The van der Waals surface area contributed by atoms with E-state index in [1.54, 1.807) is 6.26 Å². The van der Waals surface area contributed by atoms with Crippen LogP contribution < -0.4 is 10.9 Å².